The number of para-hydroxylation sites is 1. The molecular weight excluding hydrogens is 496 g/mol. The summed E-state index contributed by atoms with van der Waals surface area (Å²) < 4.78 is 10.7. The number of carbonyl (C=O) groups excluding carboxylic acids is 3. The minimum Gasteiger partial charge on any atom is -0.489 e. The molecule has 3 amide bonds. The molecule has 1 fully saturated rings. The van der Waals surface area contributed by atoms with E-state index < -0.39 is 5.41 Å². The third-order valence-electron chi connectivity index (χ3n) is 7.46. The zero-order chi connectivity index (χ0) is 27.1. The van der Waals surface area contributed by atoms with Crippen molar-refractivity contribution in [3.63, 3.8) is 0 Å². The van der Waals surface area contributed by atoms with Crippen molar-refractivity contribution in [1.29, 1.82) is 0 Å². The van der Waals surface area contributed by atoms with Crippen molar-refractivity contribution >= 4 is 17.7 Å². The monoisotopic (exact) mass is 528 g/mol. The fraction of sp³-hybridized carbons (Fsp3) is 0.333. The quantitative estimate of drug-likeness (QED) is 0.504. The van der Waals surface area contributed by atoms with E-state index in [0.29, 0.717) is 50.1 Å². The second kappa shape index (κ2) is 12.0. The van der Waals surface area contributed by atoms with Gasteiger partial charge in [0.1, 0.15) is 18.6 Å². The number of nitrogens with zero attached hydrogens (tertiary/aromatic N) is 2. The molecule has 0 saturated carbocycles. The number of carbonyl (C=O) groups is 3. The molecule has 2 aromatic carbocycles. The lowest BCUT2D eigenvalue weighted by molar-refractivity contribution is -0.134. The molecule has 2 aliphatic heterocycles. The fourth-order valence-corrected chi connectivity index (χ4v) is 5.16. The van der Waals surface area contributed by atoms with Gasteiger partial charge in [-0.05, 0) is 43.4 Å². The third-order valence-corrected chi connectivity index (χ3v) is 7.46. The highest BCUT2D eigenvalue weighted by Crippen LogP contribution is 2.36. The normalized spacial score (nSPS) is 20.6. The topological polar surface area (TPSA) is 114 Å². The molecule has 1 saturated heterocycles. The number of allylic oxidation sites excluding steroid dienone is 1. The van der Waals surface area contributed by atoms with E-state index in [0.717, 1.165) is 5.56 Å². The summed E-state index contributed by atoms with van der Waals surface area (Å²) in [6.45, 7) is 1.39. The van der Waals surface area contributed by atoms with Gasteiger partial charge in [-0.15, -0.1) is 0 Å². The summed E-state index contributed by atoms with van der Waals surface area (Å²) in [7, 11) is 0. The molecular formula is C30H32N4O5. The first-order chi connectivity index (χ1) is 19.0. The minimum atomic E-state index is -0.696. The van der Waals surface area contributed by atoms with Gasteiger partial charge in [0.2, 0.25) is 5.91 Å². The van der Waals surface area contributed by atoms with E-state index in [1.807, 2.05) is 48.6 Å². The average Bonchev–Trinajstić information content (AvgIpc) is 3.51. The number of ether oxygens (including phenoxy) is 1. The van der Waals surface area contributed by atoms with Crippen LogP contribution in [-0.2, 0) is 11.2 Å². The number of fused-ring (bicyclic) bond motifs is 1. The number of hydrogen-bond donors (Lipinski definition) is 2. The van der Waals surface area contributed by atoms with Crippen LogP contribution in [0.3, 0.4) is 0 Å². The largest absolute Gasteiger partial charge is 0.489 e. The highest BCUT2D eigenvalue weighted by atomic mass is 16.5. The maximum atomic E-state index is 13.9. The summed E-state index contributed by atoms with van der Waals surface area (Å²) in [6, 6.07) is 18.2. The lowest BCUT2D eigenvalue weighted by Crippen LogP contribution is -2.54. The summed E-state index contributed by atoms with van der Waals surface area (Å²) >= 11 is 0. The van der Waals surface area contributed by atoms with Crippen molar-refractivity contribution in [2.45, 2.75) is 31.7 Å². The molecule has 0 unspecified atom stereocenters. The predicted molar refractivity (Wildman–Crippen MR) is 144 cm³/mol. The fourth-order valence-electron chi connectivity index (χ4n) is 5.16. The molecule has 202 valence electrons. The van der Waals surface area contributed by atoms with Gasteiger partial charge in [0, 0.05) is 25.7 Å². The van der Waals surface area contributed by atoms with E-state index in [1.54, 1.807) is 29.2 Å². The predicted octanol–water partition coefficient (Wildman–Crippen LogP) is 3.39. The van der Waals surface area contributed by atoms with Gasteiger partial charge in [-0.2, -0.15) is 0 Å². The summed E-state index contributed by atoms with van der Waals surface area (Å²) in [4.78, 5) is 41.5. The molecule has 3 heterocycles. The molecule has 5 rings (SSSR count). The molecule has 9 nitrogen and oxygen atoms in total. The van der Waals surface area contributed by atoms with E-state index in [2.05, 4.69) is 15.8 Å². The molecule has 0 bridgehead atoms. The molecule has 2 aliphatic rings. The Hall–Kier alpha value is -4.40. The summed E-state index contributed by atoms with van der Waals surface area (Å²) in [5.41, 5.74) is 1.08. The van der Waals surface area contributed by atoms with Gasteiger partial charge < -0.3 is 24.8 Å². The van der Waals surface area contributed by atoms with Crippen molar-refractivity contribution in [2.24, 2.45) is 5.41 Å². The maximum absolute atomic E-state index is 13.9. The lowest BCUT2D eigenvalue weighted by Gasteiger charge is -2.41. The number of piperidine rings is 1. The number of aromatic nitrogens is 1. The van der Waals surface area contributed by atoms with Crippen LogP contribution in [0.25, 0.3) is 0 Å². The molecule has 9 heteroatoms. The molecule has 3 aromatic rings. The van der Waals surface area contributed by atoms with Crippen LogP contribution in [0.15, 0.2) is 83.6 Å². The molecule has 0 radical (unpaired) electrons. The number of likely N-dealkylation sites (tertiary alicyclic amines) is 1. The number of hydrogen-bond acceptors (Lipinski definition) is 6. The number of nitrogens with one attached hydrogen (secondary N) is 2. The standard InChI is InChI=1S/C30H32N4O5/c35-27-24-10-4-5-11-26(24)38-18-7-6-13-30(14-16-34(17-15-30)28(36)25-12-19-39-33-25)29(37)32-23(21-31-27)20-22-8-2-1-3-9-22/h1-12,19,23H,13-18,20-21H2,(H,31,35)(H,32,37)/b7-6+/t23-/m1/s1. The highest BCUT2D eigenvalue weighted by Gasteiger charge is 2.42. The van der Waals surface area contributed by atoms with Crippen molar-refractivity contribution in [3.05, 3.63) is 95.9 Å². The first-order valence-corrected chi connectivity index (χ1v) is 13.2. The van der Waals surface area contributed by atoms with Crippen molar-refractivity contribution in [2.75, 3.05) is 26.2 Å². The van der Waals surface area contributed by atoms with Gasteiger partial charge in [-0.3, -0.25) is 14.4 Å². The van der Waals surface area contributed by atoms with Gasteiger partial charge in [-0.25, -0.2) is 0 Å². The van der Waals surface area contributed by atoms with Crippen molar-refractivity contribution in [1.82, 2.24) is 20.7 Å². The Morgan fingerprint density at radius 1 is 1.00 bits per heavy atom. The first-order valence-electron chi connectivity index (χ1n) is 13.2. The second-order valence-electron chi connectivity index (χ2n) is 10.0. The van der Waals surface area contributed by atoms with E-state index in [4.69, 9.17) is 9.26 Å². The van der Waals surface area contributed by atoms with Crippen molar-refractivity contribution in [3.8, 4) is 5.75 Å². The van der Waals surface area contributed by atoms with Gasteiger partial charge in [0.05, 0.1) is 17.0 Å². The van der Waals surface area contributed by atoms with Gasteiger partial charge in [0.15, 0.2) is 5.69 Å². The van der Waals surface area contributed by atoms with Gasteiger partial charge in [-0.1, -0.05) is 59.8 Å². The lowest BCUT2D eigenvalue weighted by atomic mass is 9.74. The third kappa shape index (κ3) is 6.19. The van der Waals surface area contributed by atoms with E-state index >= 15 is 0 Å². The Kier molecular flexibility index (Phi) is 8.05. The maximum Gasteiger partial charge on any atom is 0.276 e. The Morgan fingerprint density at radius 2 is 1.77 bits per heavy atom. The molecule has 2 N–H and O–H groups in total. The Labute approximate surface area is 227 Å². The van der Waals surface area contributed by atoms with Crippen LogP contribution in [0.2, 0.25) is 0 Å². The van der Waals surface area contributed by atoms with Gasteiger partial charge >= 0.3 is 0 Å². The zero-order valence-corrected chi connectivity index (χ0v) is 21.7. The van der Waals surface area contributed by atoms with E-state index in [-0.39, 0.29) is 42.6 Å². The van der Waals surface area contributed by atoms with Crippen LogP contribution in [0.1, 0.15) is 45.7 Å². The second-order valence-corrected chi connectivity index (χ2v) is 10.0. The highest BCUT2D eigenvalue weighted by molar-refractivity contribution is 5.97. The Bertz CT molecular complexity index is 1310. The van der Waals surface area contributed by atoms with Crippen molar-refractivity contribution < 1.29 is 23.6 Å². The van der Waals surface area contributed by atoms with Crippen LogP contribution in [0.4, 0.5) is 0 Å². The summed E-state index contributed by atoms with van der Waals surface area (Å²) in [5.74, 6) is -0.0236. The molecule has 39 heavy (non-hydrogen) atoms. The number of amides is 3. The zero-order valence-electron chi connectivity index (χ0n) is 21.7. The average molecular weight is 529 g/mol. The Morgan fingerprint density at radius 3 is 2.54 bits per heavy atom. The van der Waals surface area contributed by atoms with E-state index in [9.17, 15) is 14.4 Å². The molecule has 1 aromatic heterocycles. The van der Waals surface area contributed by atoms with Crippen LogP contribution < -0.4 is 15.4 Å². The van der Waals surface area contributed by atoms with Crippen LogP contribution in [0.5, 0.6) is 5.75 Å². The van der Waals surface area contributed by atoms with Crippen LogP contribution in [0, 0.1) is 5.41 Å². The van der Waals surface area contributed by atoms with Crippen LogP contribution >= 0.6 is 0 Å². The smallest absolute Gasteiger partial charge is 0.276 e. The molecule has 0 aliphatic carbocycles. The van der Waals surface area contributed by atoms with E-state index in [1.165, 1.54) is 6.26 Å². The summed E-state index contributed by atoms with van der Waals surface area (Å²) in [6.07, 6.45) is 7.30. The molecule has 1 spiro atoms. The Balaban J connectivity index is 1.38. The SMILES string of the molecule is O=C1NC[C@@H](Cc2ccccc2)NC(=O)C2(C/C=C/COc3ccccc31)CCN(C(=O)c1ccon1)CC2. The van der Waals surface area contributed by atoms with Crippen LogP contribution in [-0.4, -0.2) is 60.1 Å². The summed E-state index contributed by atoms with van der Waals surface area (Å²) in [5, 5.41) is 10.0. The molecule has 1 atom stereocenters. The van der Waals surface area contributed by atoms with Gasteiger partial charge in [0.25, 0.3) is 11.8 Å². The number of benzene rings is 2. The number of rotatable bonds is 3. The first kappa shape index (κ1) is 26.2. The minimum absolute atomic E-state index is 0.0748.